The van der Waals surface area contributed by atoms with E-state index in [0.29, 0.717) is 18.8 Å². The van der Waals surface area contributed by atoms with Crippen LogP contribution in [0.3, 0.4) is 0 Å². The second-order valence-corrected chi connectivity index (χ2v) is 8.98. The summed E-state index contributed by atoms with van der Waals surface area (Å²) in [6.45, 7) is 2.68. The van der Waals surface area contributed by atoms with Gasteiger partial charge in [-0.3, -0.25) is 0 Å². The van der Waals surface area contributed by atoms with Crippen molar-refractivity contribution in [1.29, 1.82) is 0 Å². The Labute approximate surface area is 214 Å². The first-order valence-electron chi connectivity index (χ1n) is 12.2. The number of amides is 2. The summed E-state index contributed by atoms with van der Waals surface area (Å²) < 4.78 is 14.9. The number of benzene rings is 2. The molecule has 186 valence electrons. The van der Waals surface area contributed by atoms with Crippen LogP contribution in [0.5, 0.6) is 5.75 Å². The third-order valence-corrected chi connectivity index (χ3v) is 6.77. The lowest BCUT2D eigenvalue weighted by molar-refractivity contribution is 0.179. The number of aryl methyl sites for hydroxylation is 1. The molecular weight excluding hydrogens is 466 g/mol. The first kappa shape index (κ1) is 22.7. The van der Waals surface area contributed by atoms with Gasteiger partial charge in [-0.1, -0.05) is 30.3 Å². The maximum absolute atomic E-state index is 13.8. The summed E-state index contributed by atoms with van der Waals surface area (Å²) in [6, 6.07) is 25.2. The third-order valence-electron chi connectivity index (χ3n) is 6.77. The first-order chi connectivity index (χ1) is 18.1. The van der Waals surface area contributed by atoms with Crippen molar-refractivity contribution >= 4 is 6.03 Å². The van der Waals surface area contributed by atoms with Crippen LogP contribution in [0.1, 0.15) is 34.3 Å². The van der Waals surface area contributed by atoms with E-state index in [0.717, 1.165) is 39.8 Å². The second-order valence-electron chi connectivity index (χ2n) is 8.98. The van der Waals surface area contributed by atoms with Crippen molar-refractivity contribution in [3.8, 4) is 17.3 Å². The smallest absolute Gasteiger partial charge is 0.318 e. The standard InChI is InChI=1S/C29H27N5O3/c1-20-25-19-33(29(35)30-18-24-10-7-17-37-24)27(21-12-14-23(36-2)15-13-21)26-11-6-16-32(26)28(25)34(31-20)22-8-4-3-5-9-22/h3-17,27H,18-19H2,1-2H3,(H,30,35). The van der Waals surface area contributed by atoms with E-state index in [1.165, 1.54) is 0 Å². The molecule has 0 fully saturated rings. The van der Waals surface area contributed by atoms with Crippen molar-refractivity contribution in [3.05, 3.63) is 120 Å². The topological polar surface area (TPSA) is 77.5 Å². The Morgan fingerprint density at radius 1 is 1.05 bits per heavy atom. The second kappa shape index (κ2) is 9.39. The number of para-hydroxylation sites is 1. The number of ether oxygens (including phenoxy) is 1. The minimum Gasteiger partial charge on any atom is -0.497 e. The lowest BCUT2D eigenvalue weighted by atomic mass is 10.0. The van der Waals surface area contributed by atoms with Crippen LogP contribution in [0.4, 0.5) is 4.79 Å². The van der Waals surface area contributed by atoms with Gasteiger partial charge in [0, 0.05) is 11.8 Å². The molecule has 0 spiro atoms. The quantitative estimate of drug-likeness (QED) is 0.356. The summed E-state index contributed by atoms with van der Waals surface area (Å²) in [7, 11) is 1.65. The average molecular weight is 494 g/mol. The van der Waals surface area contributed by atoms with E-state index >= 15 is 0 Å². The molecule has 1 aliphatic rings. The lowest BCUT2D eigenvalue weighted by Gasteiger charge is -2.31. The number of nitrogens with one attached hydrogen (secondary N) is 1. The van der Waals surface area contributed by atoms with Crippen LogP contribution >= 0.6 is 0 Å². The highest BCUT2D eigenvalue weighted by atomic mass is 16.5. The molecule has 0 saturated carbocycles. The summed E-state index contributed by atoms with van der Waals surface area (Å²) in [6.07, 6.45) is 3.64. The molecule has 3 aromatic heterocycles. The Kier molecular flexibility index (Phi) is 5.76. The van der Waals surface area contributed by atoms with Crippen molar-refractivity contribution in [2.24, 2.45) is 0 Å². The molecule has 8 heteroatoms. The Morgan fingerprint density at radius 3 is 2.59 bits per heavy atom. The van der Waals surface area contributed by atoms with Gasteiger partial charge >= 0.3 is 6.03 Å². The zero-order valence-corrected chi connectivity index (χ0v) is 20.7. The van der Waals surface area contributed by atoms with Crippen LogP contribution in [0.2, 0.25) is 0 Å². The third kappa shape index (κ3) is 4.06. The average Bonchev–Trinajstić information content (AvgIpc) is 3.67. The molecule has 0 radical (unpaired) electrons. The number of fused-ring (bicyclic) bond motifs is 3. The monoisotopic (exact) mass is 493 g/mol. The van der Waals surface area contributed by atoms with Gasteiger partial charge in [-0.2, -0.15) is 5.10 Å². The SMILES string of the molecule is COc1ccc(C2c3cccn3-c3c(c(C)nn3-c3ccccc3)CN2C(=O)NCc2ccco2)cc1. The number of nitrogens with zero attached hydrogens (tertiary/aromatic N) is 4. The van der Waals surface area contributed by atoms with Crippen molar-refractivity contribution in [1.82, 2.24) is 24.6 Å². The number of rotatable bonds is 5. The molecule has 1 aliphatic heterocycles. The highest BCUT2D eigenvalue weighted by Gasteiger charge is 2.36. The number of carbonyl (C=O) groups excluding carboxylic acids is 1. The first-order valence-corrected chi connectivity index (χ1v) is 12.2. The van der Waals surface area contributed by atoms with Gasteiger partial charge in [0.2, 0.25) is 0 Å². The molecule has 8 nitrogen and oxygen atoms in total. The molecule has 0 aliphatic carbocycles. The van der Waals surface area contributed by atoms with Gasteiger partial charge in [-0.25, -0.2) is 9.48 Å². The number of methoxy groups -OCH3 is 1. The Balaban J connectivity index is 1.49. The number of carbonyl (C=O) groups is 1. The van der Waals surface area contributed by atoms with Crippen LogP contribution < -0.4 is 10.1 Å². The summed E-state index contributed by atoms with van der Waals surface area (Å²) in [5.41, 5.74) is 4.77. The van der Waals surface area contributed by atoms with E-state index < -0.39 is 0 Å². The molecule has 1 N–H and O–H groups in total. The van der Waals surface area contributed by atoms with Gasteiger partial charge in [0.15, 0.2) is 0 Å². The normalized spacial score (nSPS) is 14.5. The number of hydrogen-bond acceptors (Lipinski definition) is 4. The molecule has 37 heavy (non-hydrogen) atoms. The lowest BCUT2D eigenvalue weighted by Crippen LogP contribution is -2.41. The van der Waals surface area contributed by atoms with Crippen LogP contribution in [0.15, 0.2) is 95.7 Å². The molecule has 5 aromatic rings. The molecule has 0 bridgehead atoms. The fourth-order valence-corrected chi connectivity index (χ4v) is 4.96. The van der Waals surface area contributed by atoms with E-state index in [9.17, 15) is 4.79 Å². The number of urea groups is 1. The minimum atomic E-state index is -0.339. The van der Waals surface area contributed by atoms with Gasteiger partial charge in [-0.05, 0) is 61.0 Å². The fraction of sp³-hybridized carbons (Fsp3) is 0.172. The van der Waals surface area contributed by atoms with Crippen molar-refractivity contribution in [2.75, 3.05) is 7.11 Å². The minimum absolute atomic E-state index is 0.190. The maximum atomic E-state index is 13.8. The fourth-order valence-electron chi connectivity index (χ4n) is 4.96. The molecule has 1 unspecified atom stereocenters. The van der Waals surface area contributed by atoms with Crippen molar-refractivity contribution < 1.29 is 13.9 Å². The Morgan fingerprint density at radius 2 is 1.86 bits per heavy atom. The summed E-state index contributed by atoms with van der Waals surface area (Å²) in [5, 5.41) is 7.94. The van der Waals surface area contributed by atoms with Gasteiger partial charge < -0.3 is 23.9 Å². The van der Waals surface area contributed by atoms with Gasteiger partial charge in [0.1, 0.15) is 17.3 Å². The molecule has 6 rings (SSSR count). The molecule has 1 atom stereocenters. The summed E-state index contributed by atoms with van der Waals surface area (Å²) in [5.74, 6) is 2.39. The molecule has 2 amide bonds. The largest absolute Gasteiger partial charge is 0.497 e. The van der Waals surface area contributed by atoms with E-state index in [2.05, 4.69) is 16.0 Å². The molecule has 4 heterocycles. The van der Waals surface area contributed by atoms with E-state index in [-0.39, 0.29) is 12.1 Å². The Bertz CT molecular complexity index is 1520. The van der Waals surface area contributed by atoms with Crippen LogP contribution in [-0.2, 0) is 13.1 Å². The van der Waals surface area contributed by atoms with Crippen LogP contribution in [0, 0.1) is 6.92 Å². The van der Waals surface area contributed by atoms with Gasteiger partial charge in [0.05, 0.1) is 49.6 Å². The predicted octanol–water partition coefficient (Wildman–Crippen LogP) is 5.39. The van der Waals surface area contributed by atoms with E-state index in [1.807, 2.05) is 95.5 Å². The molecule has 2 aromatic carbocycles. The zero-order chi connectivity index (χ0) is 25.4. The predicted molar refractivity (Wildman–Crippen MR) is 139 cm³/mol. The number of aromatic nitrogens is 3. The Hall–Kier alpha value is -4.72. The highest BCUT2D eigenvalue weighted by molar-refractivity contribution is 5.76. The van der Waals surface area contributed by atoms with Crippen LogP contribution in [-0.4, -0.2) is 32.4 Å². The van der Waals surface area contributed by atoms with Gasteiger partial charge in [-0.15, -0.1) is 0 Å². The zero-order valence-electron chi connectivity index (χ0n) is 20.7. The van der Waals surface area contributed by atoms with Crippen molar-refractivity contribution in [2.45, 2.75) is 26.1 Å². The van der Waals surface area contributed by atoms with E-state index in [1.54, 1.807) is 13.4 Å². The molecule has 0 saturated heterocycles. The summed E-state index contributed by atoms with van der Waals surface area (Å²) in [4.78, 5) is 15.7. The van der Waals surface area contributed by atoms with Gasteiger partial charge in [0.25, 0.3) is 0 Å². The number of hydrogen-bond donors (Lipinski definition) is 1. The summed E-state index contributed by atoms with van der Waals surface area (Å²) >= 11 is 0. The highest BCUT2D eigenvalue weighted by Crippen LogP contribution is 2.38. The maximum Gasteiger partial charge on any atom is 0.318 e. The van der Waals surface area contributed by atoms with Crippen LogP contribution in [0.25, 0.3) is 11.5 Å². The molecular formula is C29H27N5O3. The van der Waals surface area contributed by atoms with E-state index in [4.69, 9.17) is 14.3 Å². The number of furan rings is 1. The van der Waals surface area contributed by atoms with Crippen molar-refractivity contribution in [3.63, 3.8) is 0 Å².